The lowest BCUT2D eigenvalue weighted by molar-refractivity contribution is -0.915. The van der Waals surface area contributed by atoms with E-state index in [1.807, 2.05) is 24.4 Å². The Morgan fingerprint density at radius 1 is 1.07 bits per heavy atom. The molecule has 4 rings (SSSR count). The summed E-state index contributed by atoms with van der Waals surface area (Å²) >= 11 is 0. The number of carbonyl (C=O) groups is 2. The first-order chi connectivity index (χ1) is 14.1. The van der Waals surface area contributed by atoms with Gasteiger partial charge in [-0.2, -0.15) is 0 Å². The van der Waals surface area contributed by atoms with Crippen molar-refractivity contribution < 1.29 is 28.9 Å². The Bertz CT molecular complexity index is 897. The van der Waals surface area contributed by atoms with Crippen LogP contribution in [0.4, 0.5) is 11.5 Å². The van der Waals surface area contributed by atoms with Crippen molar-refractivity contribution in [2.45, 2.75) is 12.5 Å². The number of H-pyrrole nitrogens is 1. The molecule has 3 heterocycles. The van der Waals surface area contributed by atoms with Gasteiger partial charge < -0.3 is 14.4 Å². The molecule has 0 unspecified atom stereocenters. The topological polar surface area (TPSA) is 77.7 Å². The van der Waals surface area contributed by atoms with Crippen molar-refractivity contribution in [3.63, 3.8) is 0 Å². The number of nitrogens with one attached hydrogen (secondary N) is 2. The van der Waals surface area contributed by atoms with Crippen molar-refractivity contribution in [3.8, 4) is 11.5 Å². The number of ether oxygens (including phenoxy) is 2. The quantitative estimate of drug-likeness (QED) is 0.691. The van der Waals surface area contributed by atoms with Crippen LogP contribution >= 0.6 is 0 Å². The number of imide groups is 1. The lowest BCUT2D eigenvalue weighted by Gasteiger charge is -2.31. The maximum Gasteiger partial charge on any atom is 0.292 e. The fraction of sp³-hybridized carbons (Fsp3) is 0.381. The molecule has 2 aromatic rings. The molecular weight excluding hydrogens is 372 g/mol. The average molecular weight is 398 g/mol. The summed E-state index contributed by atoms with van der Waals surface area (Å²) in [5, 5.41) is 0. The Kier molecular flexibility index (Phi) is 5.35. The predicted molar refractivity (Wildman–Crippen MR) is 106 cm³/mol. The highest BCUT2D eigenvalue weighted by molar-refractivity contribution is 6.22. The molecule has 0 saturated carbocycles. The summed E-state index contributed by atoms with van der Waals surface area (Å²) in [4.78, 5) is 33.9. The summed E-state index contributed by atoms with van der Waals surface area (Å²) < 4.78 is 10.6. The van der Waals surface area contributed by atoms with Crippen LogP contribution in [0, 0.1) is 0 Å². The van der Waals surface area contributed by atoms with Crippen LogP contribution < -0.4 is 29.2 Å². The van der Waals surface area contributed by atoms with Crippen LogP contribution in [0.25, 0.3) is 0 Å². The molecule has 8 heteroatoms. The van der Waals surface area contributed by atoms with Crippen LogP contribution in [-0.4, -0.2) is 58.3 Å². The third kappa shape index (κ3) is 3.63. The second-order valence-corrected chi connectivity index (χ2v) is 7.25. The second-order valence-electron chi connectivity index (χ2n) is 7.25. The zero-order valence-corrected chi connectivity index (χ0v) is 16.7. The number of rotatable bonds is 5. The normalized spacial score (nSPS) is 20.3. The van der Waals surface area contributed by atoms with E-state index in [0.29, 0.717) is 17.2 Å². The monoisotopic (exact) mass is 398 g/mol. The fourth-order valence-corrected chi connectivity index (χ4v) is 4.14. The fourth-order valence-electron chi connectivity index (χ4n) is 4.14. The molecule has 1 aromatic carbocycles. The SMILES string of the molecule is COc1ccc(N2C(=O)C[C@@H]([NH+]3CCN(c4cccc[nH+]4)CC3)C2=O)c(OC)c1. The summed E-state index contributed by atoms with van der Waals surface area (Å²) in [5.41, 5.74) is 0.475. The van der Waals surface area contributed by atoms with Crippen LogP contribution in [-0.2, 0) is 9.59 Å². The van der Waals surface area contributed by atoms with Gasteiger partial charge in [-0.1, -0.05) is 6.07 Å². The van der Waals surface area contributed by atoms with Crippen molar-refractivity contribution in [2.75, 3.05) is 50.2 Å². The van der Waals surface area contributed by atoms with E-state index in [1.165, 1.54) is 12.0 Å². The first-order valence-electron chi connectivity index (χ1n) is 9.77. The van der Waals surface area contributed by atoms with E-state index >= 15 is 0 Å². The van der Waals surface area contributed by atoms with Crippen LogP contribution in [0.1, 0.15) is 6.42 Å². The number of aromatic amines is 1. The number of benzene rings is 1. The van der Waals surface area contributed by atoms with Gasteiger partial charge in [0.25, 0.3) is 11.7 Å². The van der Waals surface area contributed by atoms with Gasteiger partial charge in [0.1, 0.15) is 37.7 Å². The minimum Gasteiger partial charge on any atom is -0.497 e. The van der Waals surface area contributed by atoms with Crippen molar-refractivity contribution in [3.05, 3.63) is 42.6 Å². The van der Waals surface area contributed by atoms with Crippen molar-refractivity contribution in [2.24, 2.45) is 0 Å². The minimum absolute atomic E-state index is 0.159. The molecule has 1 aromatic heterocycles. The molecule has 152 valence electrons. The number of methoxy groups -OCH3 is 2. The molecule has 1 atom stereocenters. The van der Waals surface area contributed by atoms with Gasteiger partial charge in [0, 0.05) is 12.1 Å². The van der Waals surface area contributed by atoms with E-state index in [0.717, 1.165) is 36.9 Å². The lowest BCUT2D eigenvalue weighted by Crippen LogP contribution is -3.19. The smallest absolute Gasteiger partial charge is 0.292 e. The van der Waals surface area contributed by atoms with Crippen LogP contribution in [0.15, 0.2) is 42.6 Å². The van der Waals surface area contributed by atoms with Crippen LogP contribution in [0.5, 0.6) is 11.5 Å². The molecule has 2 fully saturated rings. The number of aromatic nitrogens is 1. The predicted octanol–water partition coefficient (Wildman–Crippen LogP) is -0.445. The Balaban J connectivity index is 1.48. The standard InChI is InChI=1S/C21H24N4O4/c1-28-15-6-7-16(18(13-15)29-2)25-20(26)14-17(21(25)27)23-9-11-24(12-10-23)19-5-3-4-8-22-19/h3-8,13,17H,9-12,14H2,1-2H3/p+2/t17-/m1/s1. The number of hydrogen-bond acceptors (Lipinski definition) is 5. The number of quaternary nitrogens is 1. The summed E-state index contributed by atoms with van der Waals surface area (Å²) in [7, 11) is 3.08. The van der Waals surface area contributed by atoms with E-state index in [2.05, 4.69) is 9.88 Å². The molecule has 2 saturated heterocycles. The van der Waals surface area contributed by atoms with E-state index in [-0.39, 0.29) is 24.3 Å². The molecule has 0 bridgehead atoms. The summed E-state index contributed by atoms with van der Waals surface area (Å²) in [6.45, 7) is 3.28. The van der Waals surface area contributed by atoms with E-state index in [9.17, 15) is 9.59 Å². The van der Waals surface area contributed by atoms with Crippen LogP contribution in [0.2, 0.25) is 0 Å². The van der Waals surface area contributed by atoms with Gasteiger partial charge in [-0.15, -0.1) is 0 Å². The molecule has 2 N–H and O–H groups in total. The molecule has 8 nitrogen and oxygen atoms in total. The van der Waals surface area contributed by atoms with Gasteiger partial charge in [-0.05, 0) is 18.2 Å². The Morgan fingerprint density at radius 3 is 2.52 bits per heavy atom. The molecular formula is C21H26N4O4+2. The maximum absolute atomic E-state index is 13.2. The third-order valence-electron chi connectivity index (χ3n) is 5.71. The zero-order chi connectivity index (χ0) is 20.4. The Labute approximate surface area is 169 Å². The number of hydrogen-bond donors (Lipinski definition) is 1. The van der Waals surface area contributed by atoms with E-state index in [1.54, 1.807) is 25.3 Å². The Morgan fingerprint density at radius 2 is 1.86 bits per heavy atom. The maximum atomic E-state index is 13.2. The molecule has 2 aliphatic rings. The summed E-state index contributed by atoms with van der Waals surface area (Å²) in [5.74, 6) is 1.79. The Hall–Kier alpha value is -3.13. The first kappa shape index (κ1) is 19.2. The van der Waals surface area contributed by atoms with Crippen molar-refractivity contribution >= 4 is 23.3 Å². The van der Waals surface area contributed by atoms with E-state index < -0.39 is 0 Å². The van der Waals surface area contributed by atoms with Gasteiger partial charge >= 0.3 is 0 Å². The molecule has 29 heavy (non-hydrogen) atoms. The van der Waals surface area contributed by atoms with Crippen LogP contribution in [0.3, 0.4) is 0 Å². The highest BCUT2D eigenvalue weighted by Gasteiger charge is 2.47. The van der Waals surface area contributed by atoms with Gasteiger partial charge in [-0.3, -0.25) is 14.5 Å². The summed E-state index contributed by atoms with van der Waals surface area (Å²) in [6, 6.07) is 10.8. The first-order valence-corrected chi connectivity index (χ1v) is 9.77. The number of amides is 2. The number of pyridine rings is 1. The number of nitrogens with zero attached hydrogens (tertiary/aromatic N) is 2. The molecule has 0 radical (unpaired) electrons. The average Bonchev–Trinajstić information content (AvgIpc) is 3.07. The highest BCUT2D eigenvalue weighted by atomic mass is 16.5. The van der Waals surface area contributed by atoms with Gasteiger partial charge in [0.15, 0.2) is 6.04 Å². The number of carbonyl (C=O) groups excluding carboxylic acids is 2. The zero-order valence-electron chi connectivity index (χ0n) is 16.7. The van der Waals surface area contributed by atoms with Gasteiger partial charge in [0.2, 0.25) is 5.91 Å². The molecule has 0 spiro atoms. The second kappa shape index (κ2) is 8.08. The molecule has 2 amide bonds. The highest BCUT2D eigenvalue weighted by Crippen LogP contribution is 2.34. The number of anilines is 2. The molecule has 0 aliphatic carbocycles. The third-order valence-corrected chi connectivity index (χ3v) is 5.71. The number of piperazine rings is 1. The van der Waals surface area contributed by atoms with E-state index in [4.69, 9.17) is 9.47 Å². The van der Waals surface area contributed by atoms with Gasteiger partial charge in [-0.25, -0.2) is 9.88 Å². The largest absolute Gasteiger partial charge is 0.497 e. The molecule has 2 aliphatic heterocycles. The summed E-state index contributed by atoms with van der Waals surface area (Å²) in [6.07, 6.45) is 2.13. The van der Waals surface area contributed by atoms with Crippen molar-refractivity contribution in [1.82, 2.24) is 0 Å². The van der Waals surface area contributed by atoms with Crippen molar-refractivity contribution in [1.29, 1.82) is 0 Å². The van der Waals surface area contributed by atoms with Gasteiger partial charge in [0.05, 0.1) is 32.5 Å². The lowest BCUT2D eigenvalue weighted by atomic mass is 10.1. The minimum atomic E-state index is -0.351.